The van der Waals surface area contributed by atoms with E-state index in [1.165, 1.54) is 29.9 Å². The van der Waals surface area contributed by atoms with Crippen LogP contribution in [-0.4, -0.2) is 73.7 Å². The molecule has 34 heavy (non-hydrogen) atoms. The zero-order valence-corrected chi connectivity index (χ0v) is 19.2. The van der Waals surface area contributed by atoms with Crippen LogP contribution in [0.1, 0.15) is 5.56 Å². The second-order valence-corrected chi connectivity index (χ2v) is 9.50. The van der Waals surface area contributed by atoms with E-state index in [2.05, 4.69) is 0 Å². The molecule has 10 nitrogen and oxygen atoms in total. The Labute approximate surface area is 196 Å². The maximum atomic E-state index is 12.5. The molecular weight excluding hydrogens is 464 g/mol. The number of amides is 1. The van der Waals surface area contributed by atoms with Gasteiger partial charge in [0.1, 0.15) is 13.2 Å². The molecule has 0 saturated carbocycles. The van der Waals surface area contributed by atoms with E-state index in [1.807, 2.05) is 0 Å². The Morgan fingerprint density at radius 2 is 1.65 bits per heavy atom. The molecule has 1 heterocycles. The first-order chi connectivity index (χ1) is 16.2. The average molecular weight is 489 g/mol. The summed E-state index contributed by atoms with van der Waals surface area (Å²) in [6, 6.07) is 14.7. The number of fused-ring (bicyclic) bond motifs is 1. The molecule has 1 amide bonds. The van der Waals surface area contributed by atoms with E-state index in [4.69, 9.17) is 14.6 Å². The number of rotatable bonds is 9. The highest BCUT2D eigenvalue weighted by Crippen LogP contribution is 2.22. The fourth-order valence-electron chi connectivity index (χ4n) is 3.23. The van der Waals surface area contributed by atoms with Crippen molar-refractivity contribution in [2.24, 2.45) is 0 Å². The molecule has 0 spiro atoms. The fraction of sp³-hybridized carbons (Fsp3) is 0.261. The summed E-state index contributed by atoms with van der Waals surface area (Å²) >= 11 is 0. The van der Waals surface area contributed by atoms with Crippen LogP contribution in [0.3, 0.4) is 0 Å². The molecule has 1 N–H and O–H groups in total. The van der Waals surface area contributed by atoms with E-state index in [9.17, 15) is 22.8 Å². The number of hydrogen-bond donors (Lipinski definition) is 1. The highest BCUT2D eigenvalue weighted by Gasteiger charge is 2.18. The monoisotopic (exact) mass is 488 g/mol. The van der Waals surface area contributed by atoms with Crippen LogP contribution >= 0.6 is 0 Å². The molecule has 0 unspecified atom stereocenters. The van der Waals surface area contributed by atoms with E-state index in [0.29, 0.717) is 16.5 Å². The number of carbonyl (C=O) groups excluding carboxylic acids is 2. The fourth-order valence-corrected chi connectivity index (χ4v) is 4.34. The van der Waals surface area contributed by atoms with Gasteiger partial charge in [-0.15, -0.1) is 0 Å². The van der Waals surface area contributed by atoms with Crippen LogP contribution < -0.4 is 0 Å². The highest BCUT2D eigenvalue weighted by atomic mass is 32.2. The summed E-state index contributed by atoms with van der Waals surface area (Å²) in [6.07, 6.45) is -0.292. The zero-order chi connectivity index (χ0) is 24.7. The summed E-state index contributed by atoms with van der Waals surface area (Å²) in [7, 11) is -2.14. The lowest BCUT2D eigenvalue weighted by Crippen LogP contribution is -2.32. The molecule has 3 aromatic rings. The molecule has 0 aliphatic rings. The number of carboxylic acid groups (broad SMARTS) is 1. The standard InChI is InChI=1S/C23H24N2O8S/c1-24(22(28)33-13-14-34(30,31)18-7-3-2-4-8-18)11-12-32-23(29)25-16-17(15-21(26)27)19-9-5-6-10-20(19)25/h2-10,16H,11-15H2,1H3,(H,26,27). The molecule has 0 aliphatic carbocycles. The van der Waals surface area contributed by atoms with Gasteiger partial charge in [0.2, 0.25) is 0 Å². The Kier molecular flexibility index (Phi) is 7.90. The minimum absolute atomic E-state index is 0.0111. The third-order valence-electron chi connectivity index (χ3n) is 4.98. The molecule has 0 saturated heterocycles. The number of para-hydroxylation sites is 1. The molecule has 1 aromatic heterocycles. The van der Waals surface area contributed by atoms with Crippen molar-refractivity contribution >= 4 is 38.9 Å². The minimum atomic E-state index is -3.57. The van der Waals surface area contributed by atoms with Gasteiger partial charge in [-0.2, -0.15) is 0 Å². The van der Waals surface area contributed by atoms with E-state index in [1.54, 1.807) is 42.5 Å². The largest absolute Gasteiger partial charge is 0.481 e. The summed E-state index contributed by atoms with van der Waals surface area (Å²) in [5.74, 6) is -1.38. The Hall–Kier alpha value is -3.86. The molecule has 180 valence electrons. The zero-order valence-electron chi connectivity index (χ0n) is 18.4. The lowest BCUT2D eigenvalue weighted by atomic mass is 10.1. The van der Waals surface area contributed by atoms with Crippen LogP contribution in [0.2, 0.25) is 0 Å². The molecule has 0 fully saturated rings. The lowest BCUT2D eigenvalue weighted by Gasteiger charge is -2.17. The Morgan fingerprint density at radius 3 is 2.35 bits per heavy atom. The van der Waals surface area contributed by atoms with E-state index >= 15 is 0 Å². The molecule has 11 heteroatoms. The average Bonchev–Trinajstić information content (AvgIpc) is 3.17. The maximum Gasteiger partial charge on any atom is 0.418 e. The number of likely N-dealkylation sites (N-methyl/N-ethyl adjacent to an activating group) is 1. The number of hydrogen-bond acceptors (Lipinski definition) is 7. The first-order valence-corrected chi connectivity index (χ1v) is 12.0. The number of benzene rings is 2. The van der Waals surface area contributed by atoms with Crippen LogP contribution in [0.5, 0.6) is 0 Å². The molecule has 0 bridgehead atoms. The van der Waals surface area contributed by atoms with Crippen molar-refractivity contribution in [3.8, 4) is 0 Å². The van der Waals surface area contributed by atoms with Crippen molar-refractivity contribution in [2.45, 2.75) is 11.3 Å². The topological polar surface area (TPSA) is 132 Å². The van der Waals surface area contributed by atoms with Crippen LogP contribution in [0, 0.1) is 0 Å². The van der Waals surface area contributed by atoms with Gasteiger partial charge in [-0.25, -0.2) is 18.0 Å². The summed E-state index contributed by atoms with van der Waals surface area (Å²) < 4.78 is 35.9. The second-order valence-electron chi connectivity index (χ2n) is 7.39. The first-order valence-electron chi connectivity index (χ1n) is 10.3. The predicted octanol–water partition coefficient (Wildman–Crippen LogP) is 2.80. The minimum Gasteiger partial charge on any atom is -0.481 e. The lowest BCUT2D eigenvalue weighted by molar-refractivity contribution is -0.136. The Balaban J connectivity index is 1.49. The van der Waals surface area contributed by atoms with Crippen LogP contribution in [0.25, 0.3) is 10.9 Å². The SMILES string of the molecule is CN(CCOC(=O)n1cc(CC(=O)O)c2ccccc21)C(=O)OCCS(=O)(=O)c1ccccc1. The number of ether oxygens (including phenoxy) is 2. The molecule has 3 rings (SSSR count). The van der Waals surface area contributed by atoms with Gasteiger partial charge in [0.25, 0.3) is 0 Å². The van der Waals surface area contributed by atoms with Gasteiger partial charge in [0, 0.05) is 18.6 Å². The number of carbonyl (C=O) groups is 3. The molecule has 0 atom stereocenters. The highest BCUT2D eigenvalue weighted by molar-refractivity contribution is 7.91. The smallest absolute Gasteiger partial charge is 0.418 e. The van der Waals surface area contributed by atoms with Crippen molar-refractivity contribution in [1.82, 2.24) is 9.47 Å². The summed E-state index contributed by atoms with van der Waals surface area (Å²) in [4.78, 5) is 37.0. The maximum absolute atomic E-state index is 12.5. The summed E-state index contributed by atoms with van der Waals surface area (Å²) in [5.41, 5.74) is 0.988. The van der Waals surface area contributed by atoms with Crippen LogP contribution in [-0.2, 0) is 30.5 Å². The van der Waals surface area contributed by atoms with Crippen LogP contribution in [0.4, 0.5) is 9.59 Å². The number of carboxylic acids is 1. The van der Waals surface area contributed by atoms with Crippen molar-refractivity contribution in [3.05, 3.63) is 66.4 Å². The first kappa shape index (κ1) is 24.8. The number of nitrogens with zero attached hydrogens (tertiary/aromatic N) is 2. The quantitative estimate of drug-likeness (QED) is 0.486. The second kappa shape index (κ2) is 10.8. The molecular formula is C23H24N2O8S. The predicted molar refractivity (Wildman–Crippen MR) is 122 cm³/mol. The molecule has 0 aliphatic heterocycles. The molecule has 2 aromatic carbocycles. The third kappa shape index (κ3) is 6.13. The van der Waals surface area contributed by atoms with Gasteiger partial charge in [0.15, 0.2) is 9.84 Å². The van der Waals surface area contributed by atoms with E-state index < -0.39 is 28.0 Å². The van der Waals surface area contributed by atoms with Gasteiger partial charge >= 0.3 is 18.2 Å². The number of sulfone groups is 1. The van der Waals surface area contributed by atoms with Gasteiger partial charge in [-0.3, -0.25) is 9.36 Å². The Morgan fingerprint density at radius 1 is 0.971 bits per heavy atom. The van der Waals surface area contributed by atoms with E-state index in [-0.39, 0.29) is 36.8 Å². The van der Waals surface area contributed by atoms with Gasteiger partial charge in [-0.05, 0) is 23.8 Å². The van der Waals surface area contributed by atoms with Gasteiger partial charge in [-0.1, -0.05) is 36.4 Å². The van der Waals surface area contributed by atoms with Crippen molar-refractivity contribution < 1.29 is 37.4 Å². The normalized spacial score (nSPS) is 11.2. The number of aliphatic carboxylic acids is 1. The van der Waals surface area contributed by atoms with Crippen molar-refractivity contribution in [1.29, 1.82) is 0 Å². The van der Waals surface area contributed by atoms with Gasteiger partial charge < -0.3 is 19.5 Å². The Bertz CT molecular complexity index is 1280. The van der Waals surface area contributed by atoms with Crippen molar-refractivity contribution in [3.63, 3.8) is 0 Å². The third-order valence-corrected chi connectivity index (χ3v) is 6.67. The summed E-state index contributed by atoms with van der Waals surface area (Å²) in [5, 5.41) is 9.72. The molecule has 0 radical (unpaired) electrons. The van der Waals surface area contributed by atoms with Crippen molar-refractivity contribution in [2.75, 3.05) is 32.6 Å². The van der Waals surface area contributed by atoms with E-state index in [0.717, 1.165) is 4.90 Å². The van der Waals surface area contributed by atoms with Gasteiger partial charge in [0.05, 0.1) is 29.1 Å². The summed E-state index contributed by atoms with van der Waals surface area (Å²) in [6.45, 7) is -0.452. The number of aromatic nitrogens is 1. The van der Waals surface area contributed by atoms with Crippen LogP contribution in [0.15, 0.2) is 65.7 Å².